The van der Waals surface area contributed by atoms with Crippen molar-refractivity contribution in [1.82, 2.24) is 0 Å². The fraction of sp³-hybridized carbons (Fsp3) is 1.00. The zero-order chi connectivity index (χ0) is 14.2. The standard InChI is InChI=1S/C19H35N/c1-3-5-6-7-9-18-16-11-14-10-15(12-16)17(8-4-2)19(18,20)13-14/h14-18H,3-13,20H2,1-2H3/t14?,15?,16?,17?,18?,19-/m0/s1. The fourth-order valence-corrected chi connectivity index (χ4v) is 6.42. The zero-order valence-electron chi connectivity index (χ0n) is 13.7. The van der Waals surface area contributed by atoms with Crippen molar-refractivity contribution < 1.29 is 0 Å². The van der Waals surface area contributed by atoms with Gasteiger partial charge in [0.25, 0.3) is 0 Å². The first-order valence-corrected chi connectivity index (χ1v) is 9.47. The molecular formula is C19H35N. The Morgan fingerprint density at radius 2 is 1.55 bits per heavy atom. The largest absolute Gasteiger partial charge is 0.325 e. The lowest BCUT2D eigenvalue weighted by Gasteiger charge is -2.64. The molecule has 6 atom stereocenters. The second kappa shape index (κ2) is 5.99. The molecule has 0 aliphatic heterocycles. The van der Waals surface area contributed by atoms with Crippen molar-refractivity contribution in [2.75, 3.05) is 0 Å². The molecule has 4 bridgehead atoms. The molecule has 4 rings (SSSR count). The van der Waals surface area contributed by atoms with E-state index in [0.29, 0.717) is 0 Å². The van der Waals surface area contributed by atoms with E-state index < -0.39 is 0 Å². The Balaban J connectivity index is 1.69. The van der Waals surface area contributed by atoms with Crippen LogP contribution in [0.15, 0.2) is 0 Å². The van der Waals surface area contributed by atoms with E-state index in [1.54, 1.807) is 0 Å². The summed E-state index contributed by atoms with van der Waals surface area (Å²) in [6, 6.07) is 0. The first-order chi connectivity index (χ1) is 9.69. The van der Waals surface area contributed by atoms with Crippen molar-refractivity contribution in [3.05, 3.63) is 0 Å². The van der Waals surface area contributed by atoms with Crippen molar-refractivity contribution in [1.29, 1.82) is 0 Å². The van der Waals surface area contributed by atoms with E-state index >= 15 is 0 Å². The van der Waals surface area contributed by atoms with Gasteiger partial charge < -0.3 is 5.73 Å². The third-order valence-electron chi connectivity index (χ3n) is 7.01. The van der Waals surface area contributed by atoms with Gasteiger partial charge in [0.05, 0.1) is 0 Å². The van der Waals surface area contributed by atoms with Crippen LogP contribution in [0, 0.1) is 29.6 Å². The third kappa shape index (κ3) is 2.45. The predicted octanol–water partition coefficient (Wildman–Crippen LogP) is 5.14. The Bertz CT molecular complexity index is 326. The average Bonchev–Trinajstić information content (AvgIpc) is 2.41. The van der Waals surface area contributed by atoms with Gasteiger partial charge in [-0.25, -0.2) is 0 Å². The molecule has 0 heterocycles. The van der Waals surface area contributed by atoms with E-state index in [-0.39, 0.29) is 5.54 Å². The summed E-state index contributed by atoms with van der Waals surface area (Å²) in [4.78, 5) is 0. The lowest BCUT2D eigenvalue weighted by atomic mass is 9.43. The summed E-state index contributed by atoms with van der Waals surface area (Å²) in [5, 5.41) is 0. The maximum atomic E-state index is 7.11. The topological polar surface area (TPSA) is 26.0 Å². The van der Waals surface area contributed by atoms with Gasteiger partial charge in [-0.15, -0.1) is 0 Å². The molecule has 5 unspecified atom stereocenters. The predicted molar refractivity (Wildman–Crippen MR) is 86.5 cm³/mol. The molecule has 0 aromatic carbocycles. The number of hydrogen-bond acceptors (Lipinski definition) is 1. The molecule has 116 valence electrons. The van der Waals surface area contributed by atoms with Crippen LogP contribution in [-0.4, -0.2) is 5.54 Å². The van der Waals surface area contributed by atoms with Crippen molar-refractivity contribution in [2.24, 2.45) is 35.3 Å². The van der Waals surface area contributed by atoms with Crippen LogP contribution in [0.3, 0.4) is 0 Å². The summed E-state index contributed by atoms with van der Waals surface area (Å²) in [6.45, 7) is 4.66. The van der Waals surface area contributed by atoms with E-state index in [1.807, 2.05) is 0 Å². The molecule has 4 aliphatic rings. The van der Waals surface area contributed by atoms with Gasteiger partial charge in [-0.05, 0) is 68.1 Å². The number of nitrogens with two attached hydrogens (primary N) is 1. The van der Waals surface area contributed by atoms with Crippen molar-refractivity contribution in [2.45, 2.75) is 90.0 Å². The summed E-state index contributed by atoms with van der Waals surface area (Å²) in [6.07, 6.45) is 15.7. The normalized spacial score (nSPS) is 46.0. The third-order valence-corrected chi connectivity index (χ3v) is 7.01. The average molecular weight is 277 g/mol. The molecule has 0 aromatic heterocycles. The van der Waals surface area contributed by atoms with Crippen molar-refractivity contribution in [3.63, 3.8) is 0 Å². The molecule has 2 N–H and O–H groups in total. The van der Waals surface area contributed by atoms with E-state index in [4.69, 9.17) is 5.73 Å². The molecule has 0 amide bonds. The second-order valence-corrected chi connectivity index (χ2v) is 8.26. The SMILES string of the molecule is CCCCCCC1C2CC3CC(C2)C(CCC)[C@@]1(N)C3. The molecule has 0 saturated heterocycles. The second-order valence-electron chi connectivity index (χ2n) is 8.26. The Hall–Kier alpha value is -0.0400. The highest BCUT2D eigenvalue weighted by Gasteiger charge is 2.59. The van der Waals surface area contributed by atoms with E-state index in [0.717, 1.165) is 29.6 Å². The highest BCUT2D eigenvalue weighted by Crippen LogP contribution is 2.62. The molecular weight excluding hydrogens is 242 g/mol. The van der Waals surface area contributed by atoms with Crippen LogP contribution in [-0.2, 0) is 0 Å². The highest BCUT2D eigenvalue weighted by molar-refractivity contribution is 5.13. The van der Waals surface area contributed by atoms with Crippen molar-refractivity contribution in [3.8, 4) is 0 Å². The minimum atomic E-state index is 0.233. The summed E-state index contributed by atoms with van der Waals surface area (Å²) in [5.41, 5.74) is 7.34. The molecule has 0 spiro atoms. The minimum absolute atomic E-state index is 0.233. The number of hydrogen-bond donors (Lipinski definition) is 1. The quantitative estimate of drug-likeness (QED) is 0.641. The van der Waals surface area contributed by atoms with Crippen molar-refractivity contribution >= 4 is 0 Å². The molecule has 1 heteroatoms. The minimum Gasteiger partial charge on any atom is -0.325 e. The fourth-order valence-electron chi connectivity index (χ4n) is 6.42. The molecule has 4 aliphatic carbocycles. The van der Waals surface area contributed by atoms with Crippen LogP contribution in [0.4, 0.5) is 0 Å². The summed E-state index contributed by atoms with van der Waals surface area (Å²) < 4.78 is 0. The Kier molecular flexibility index (Phi) is 4.45. The van der Waals surface area contributed by atoms with E-state index in [9.17, 15) is 0 Å². The summed E-state index contributed by atoms with van der Waals surface area (Å²) in [5.74, 6) is 4.69. The first kappa shape index (κ1) is 14.9. The lowest BCUT2D eigenvalue weighted by Crippen LogP contribution is -2.67. The van der Waals surface area contributed by atoms with Gasteiger partial charge in [-0.1, -0.05) is 46.0 Å². The highest BCUT2D eigenvalue weighted by atomic mass is 14.8. The van der Waals surface area contributed by atoms with Gasteiger partial charge in [0, 0.05) is 5.54 Å². The van der Waals surface area contributed by atoms with E-state index in [1.165, 1.54) is 70.6 Å². The van der Waals surface area contributed by atoms with Crippen LogP contribution in [0.1, 0.15) is 84.5 Å². The van der Waals surface area contributed by atoms with Crippen LogP contribution in [0.5, 0.6) is 0 Å². The zero-order valence-corrected chi connectivity index (χ0v) is 13.7. The monoisotopic (exact) mass is 277 g/mol. The number of unbranched alkanes of at least 4 members (excludes halogenated alkanes) is 3. The van der Waals surface area contributed by atoms with Gasteiger partial charge in [0.1, 0.15) is 0 Å². The van der Waals surface area contributed by atoms with Crippen LogP contribution >= 0.6 is 0 Å². The van der Waals surface area contributed by atoms with Crippen LogP contribution in [0.25, 0.3) is 0 Å². The maximum absolute atomic E-state index is 7.11. The van der Waals surface area contributed by atoms with Gasteiger partial charge in [-0.3, -0.25) is 0 Å². The number of rotatable bonds is 7. The molecule has 1 nitrogen and oxygen atoms in total. The summed E-state index contributed by atoms with van der Waals surface area (Å²) >= 11 is 0. The lowest BCUT2D eigenvalue weighted by molar-refractivity contribution is -0.109. The summed E-state index contributed by atoms with van der Waals surface area (Å²) in [7, 11) is 0. The first-order valence-electron chi connectivity index (χ1n) is 9.47. The van der Waals surface area contributed by atoms with Crippen LogP contribution in [0.2, 0.25) is 0 Å². The Morgan fingerprint density at radius 3 is 2.20 bits per heavy atom. The van der Waals surface area contributed by atoms with Gasteiger partial charge in [-0.2, -0.15) is 0 Å². The molecule has 4 fully saturated rings. The van der Waals surface area contributed by atoms with Gasteiger partial charge >= 0.3 is 0 Å². The maximum Gasteiger partial charge on any atom is 0.0219 e. The Labute approximate surface area is 126 Å². The molecule has 0 radical (unpaired) electrons. The molecule has 0 aromatic rings. The van der Waals surface area contributed by atoms with Gasteiger partial charge in [0.2, 0.25) is 0 Å². The Morgan fingerprint density at radius 1 is 0.850 bits per heavy atom. The smallest absolute Gasteiger partial charge is 0.0219 e. The molecule has 20 heavy (non-hydrogen) atoms. The molecule has 4 saturated carbocycles. The van der Waals surface area contributed by atoms with Gasteiger partial charge in [0.15, 0.2) is 0 Å². The van der Waals surface area contributed by atoms with Crippen LogP contribution < -0.4 is 5.73 Å². The van der Waals surface area contributed by atoms with E-state index in [2.05, 4.69) is 13.8 Å².